The van der Waals surface area contributed by atoms with Crippen LogP contribution in [0.1, 0.15) is 284 Å². The monoisotopic (exact) mass is 818 g/mol. The third kappa shape index (κ3) is 42.9. The van der Waals surface area contributed by atoms with Crippen LogP contribution in [0.3, 0.4) is 0 Å². The molecule has 0 saturated carbocycles. The van der Waals surface area contributed by atoms with Gasteiger partial charge in [0.05, 0.1) is 18.8 Å². The first-order valence-electron chi connectivity index (χ1n) is 26.2. The summed E-state index contributed by atoms with van der Waals surface area (Å²) in [6, 6.07) is -0.810. The summed E-state index contributed by atoms with van der Waals surface area (Å²) in [5.74, 6) is -0.511. The van der Waals surface area contributed by atoms with Crippen molar-refractivity contribution in [1.29, 1.82) is 0 Å². The van der Waals surface area contributed by atoms with Crippen molar-refractivity contribution in [1.82, 2.24) is 5.32 Å². The minimum absolute atomic E-state index is 0.374. The van der Waals surface area contributed by atoms with Gasteiger partial charge >= 0.3 is 0 Å². The van der Waals surface area contributed by atoms with Gasteiger partial charge in [-0.3, -0.25) is 4.79 Å². The van der Waals surface area contributed by atoms with Gasteiger partial charge in [-0.2, -0.15) is 0 Å². The fourth-order valence-corrected chi connectivity index (χ4v) is 8.20. The van der Waals surface area contributed by atoms with Gasteiger partial charge in [-0.1, -0.05) is 276 Å². The molecular weight excluding hydrogens is 715 g/mol. The number of rotatable bonds is 48. The van der Waals surface area contributed by atoms with Crippen LogP contribution >= 0.6 is 0 Å². The SMILES string of the molecule is CCCCCC/C=C/CC/C=C/C(O)C(CO)NC(=O)C(O)CCCCCCCCCCCCCCCCCCCCCCCCCCCCCCCCCCCC. The predicted octanol–water partition coefficient (Wildman–Crippen LogP) is 15.7. The number of aliphatic hydroxyl groups excluding tert-OH is 3. The standard InChI is InChI=1S/C53H103NO4/c1-3-5-7-9-11-13-15-16-17-18-19-20-21-22-23-24-25-26-27-28-29-30-31-32-33-34-35-36-37-38-40-42-44-46-48-52(57)53(58)54-50(49-55)51(56)47-45-43-41-39-14-12-10-8-6-4-2/h14,39,45,47,50-52,55-57H,3-13,15-38,40-44,46,48-49H2,1-2H3,(H,54,58)/b39-14+,47-45+. The lowest BCUT2D eigenvalue weighted by atomic mass is 10.0. The first kappa shape index (κ1) is 56.8. The van der Waals surface area contributed by atoms with Crippen LogP contribution < -0.4 is 5.32 Å². The summed E-state index contributed by atoms with van der Waals surface area (Å²) >= 11 is 0. The van der Waals surface area contributed by atoms with Crippen LogP contribution in [0.4, 0.5) is 0 Å². The highest BCUT2D eigenvalue weighted by Crippen LogP contribution is 2.18. The van der Waals surface area contributed by atoms with Crippen LogP contribution in [0.25, 0.3) is 0 Å². The average Bonchev–Trinajstić information content (AvgIpc) is 3.23. The number of hydrogen-bond donors (Lipinski definition) is 4. The summed E-state index contributed by atoms with van der Waals surface area (Å²) in [4.78, 5) is 12.5. The van der Waals surface area contributed by atoms with Crippen LogP contribution in [0.5, 0.6) is 0 Å². The Morgan fingerprint density at radius 2 is 0.707 bits per heavy atom. The van der Waals surface area contributed by atoms with Crippen molar-refractivity contribution in [2.75, 3.05) is 6.61 Å². The summed E-state index contributed by atoms with van der Waals surface area (Å²) in [5, 5.41) is 33.0. The van der Waals surface area contributed by atoms with Crippen molar-refractivity contribution in [2.24, 2.45) is 0 Å². The smallest absolute Gasteiger partial charge is 0.249 e. The van der Waals surface area contributed by atoms with Crippen molar-refractivity contribution in [2.45, 2.75) is 302 Å². The fourth-order valence-electron chi connectivity index (χ4n) is 8.20. The maximum Gasteiger partial charge on any atom is 0.249 e. The summed E-state index contributed by atoms with van der Waals surface area (Å²) in [7, 11) is 0. The average molecular weight is 818 g/mol. The number of allylic oxidation sites excluding steroid dienone is 3. The van der Waals surface area contributed by atoms with Gasteiger partial charge in [0.15, 0.2) is 0 Å². The summed E-state index contributed by atoms with van der Waals surface area (Å²) in [5.41, 5.74) is 0. The lowest BCUT2D eigenvalue weighted by Crippen LogP contribution is -2.48. The van der Waals surface area contributed by atoms with Gasteiger partial charge < -0.3 is 20.6 Å². The Morgan fingerprint density at radius 3 is 1.05 bits per heavy atom. The Morgan fingerprint density at radius 1 is 0.414 bits per heavy atom. The van der Waals surface area contributed by atoms with Crippen LogP contribution in [0, 0.1) is 0 Å². The largest absolute Gasteiger partial charge is 0.394 e. The van der Waals surface area contributed by atoms with Gasteiger partial charge in [-0.25, -0.2) is 0 Å². The van der Waals surface area contributed by atoms with Gasteiger partial charge in [0.25, 0.3) is 0 Å². The molecule has 344 valence electrons. The quantitative estimate of drug-likeness (QED) is 0.0364. The Labute approximate surface area is 362 Å². The minimum atomic E-state index is -1.10. The Bertz CT molecular complexity index is 859. The molecule has 4 N–H and O–H groups in total. The molecule has 3 atom stereocenters. The van der Waals surface area contributed by atoms with Gasteiger partial charge in [0.1, 0.15) is 6.10 Å². The van der Waals surface area contributed by atoms with Crippen LogP contribution in [0.15, 0.2) is 24.3 Å². The Balaban J connectivity index is 3.43. The predicted molar refractivity (Wildman–Crippen MR) is 255 cm³/mol. The number of carbonyl (C=O) groups is 1. The van der Waals surface area contributed by atoms with E-state index in [0.29, 0.717) is 6.42 Å². The molecule has 0 aliphatic rings. The van der Waals surface area contributed by atoms with Crippen molar-refractivity contribution in [3.05, 3.63) is 24.3 Å². The zero-order chi connectivity index (χ0) is 42.3. The lowest BCUT2D eigenvalue weighted by molar-refractivity contribution is -0.131. The third-order valence-electron chi connectivity index (χ3n) is 12.3. The molecule has 5 nitrogen and oxygen atoms in total. The van der Waals surface area contributed by atoms with Gasteiger partial charge in [-0.15, -0.1) is 0 Å². The molecule has 5 heteroatoms. The molecule has 0 aliphatic carbocycles. The van der Waals surface area contributed by atoms with Crippen molar-refractivity contribution < 1.29 is 20.1 Å². The number of unbranched alkanes of at least 4 members (excludes halogenated alkanes) is 38. The van der Waals surface area contributed by atoms with Crippen LogP contribution in [0.2, 0.25) is 0 Å². The molecule has 0 fully saturated rings. The van der Waals surface area contributed by atoms with Gasteiger partial charge in [-0.05, 0) is 32.1 Å². The van der Waals surface area contributed by atoms with Crippen molar-refractivity contribution in [3.63, 3.8) is 0 Å². The van der Waals surface area contributed by atoms with Gasteiger partial charge in [0, 0.05) is 0 Å². The Kier molecular flexibility index (Phi) is 47.5. The highest BCUT2D eigenvalue weighted by Gasteiger charge is 2.22. The highest BCUT2D eigenvalue weighted by molar-refractivity contribution is 5.80. The number of nitrogens with one attached hydrogen (secondary N) is 1. The van der Waals surface area contributed by atoms with E-state index in [1.807, 2.05) is 6.08 Å². The fraction of sp³-hybridized carbons (Fsp3) is 0.906. The van der Waals surface area contributed by atoms with Crippen LogP contribution in [-0.2, 0) is 4.79 Å². The number of carbonyl (C=O) groups excluding carboxylic acids is 1. The molecule has 0 aromatic rings. The molecule has 0 aromatic heterocycles. The van der Waals surface area contributed by atoms with E-state index >= 15 is 0 Å². The maximum absolute atomic E-state index is 12.5. The van der Waals surface area contributed by atoms with E-state index in [9.17, 15) is 20.1 Å². The number of hydrogen-bond acceptors (Lipinski definition) is 4. The zero-order valence-corrected chi connectivity index (χ0v) is 39.2. The molecule has 3 unspecified atom stereocenters. The van der Waals surface area contributed by atoms with E-state index in [1.54, 1.807) is 6.08 Å². The molecule has 58 heavy (non-hydrogen) atoms. The molecule has 0 aromatic carbocycles. The lowest BCUT2D eigenvalue weighted by Gasteiger charge is -2.21. The first-order valence-corrected chi connectivity index (χ1v) is 26.2. The molecule has 0 bridgehead atoms. The first-order chi connectivity index (χ1) is 28.6. The zero-order valence-electron chi connectivity index (χ0n) is 39.2. The minimum Gasteiger partial charge on any atom is -0.394 e. The number of aliphatic hydroxyl groups is 3. The molecule has 0 rings (SSSR count). The maximum atomic E-state index is 12.5. The van der Waals surface area contributed by atoms with E-state index in [2.05, 4.69) is 31.3 Å². The Hall–Kier alpha value is -1.17. The third-order valence-corrected chi connectivity index (χ3v) is 12.3. The van der Waals surface area contributed by atoms with Crippen LogP contribution in [-0.4, -0.2) is 46.1 Å². The van der Waals surface area contributed by atoms with E-state index < -0.39 is 24.2 Å². The van der Waals surface area contributed by atoms with Gasteiger partial charge in [0.2, 0.25) is 5.91 Å². The normalized spacial score (nSPS) is 13.5. The second-order valence-electron chi connectivity index (χ2n) is 18.1. The highest BCUT2D eigenvalue weighted by atomic mass is 16.3. The topological polar surface area (TPSA) is 89.8 Å². The molecular formula is C53H103NO4. The molecule has 0 saturated heterocycles. The van der Waals surface area contributed by atoms with Crippen molar-refractivity contribution in [3.8, 4) is 0 Å². The molecule has 0 heterocycles. The molecule has 1 amide bonds. The summed E-state index contributed by atoms with van der Waals surface area (Å²) in [6.07, 6.45) is 61.3. The van der Waals surface area contributed by atoms with E-state index in [1.165, 1.54) is 225 Å². The summed E-state index contributed by atoms with van der Waals surface area (Å²) in [6.45, 7) is 4.15. The second kappa shape index (κ2) is 48.5. The molecule has 0 spiro atoms. The summed E-state index contributed by atoms with van der Waals surface area (Å²) < 4.78 is 0. The molecule has 0 radical (unpaired) electrons. The number of amides is 1. The van der Waals surface area contributed by atoms with E-state index in [0.717, 1.165) is 38.5 Å². The molecule has 0 aliphatic heterocycles. The van der Waals surface area contributed by atoms with Crippen molar-refractivity contribution >= 4 is 5.91 Å². The van der Waals surface area contributed by atoms with E-state index in [-0.39, 0.29) is 6.61 Å². The van der Waals surface area contributed by atoms with E-state index in [4.69, 9.17) is 0 Å². The second-order valence-corrected chi connectivity index (χ2v) is 18.1.